The maximum atomic E-state index is 13.2. The fourth-order valence-electron chi connectivity index (χ4n) is 3.70. The van der Waals surface area contributed by atoms with E-state index in [9.17, 15) is 9.59 Å². The van der Waals surface area contributed by atoms with Crippen molar-refractivity contribution < 1.29 is 19.1 Å². The number of rotatable bonds is 10. The Morgan fingerprint density at radius 3 is 2.29 bits per heavy atom. The van der Waals surface area contributed by atoms with Crippen LogP contribution in [-0.4, -0.2) is 50.1 Å². The number of benzene rings is 3. The molecule has 0 radical (unpaired) electrons. The molecule has 3 aromatic carbocycles. The fraction of sp³-hybridized carbons (Fsp3) is 0.286. The van der Waals surface area contributed by atoms with Crippen molar-refractivity contribution in [3.05, 3.63) is 83.4 Å². The topological polar surface area (TPSA) is 67.9 Å². The molecule has 0 spiro atoms. The molecule has 0 fully saturated rings. The predicted octanol–water partition coefficient (Wildman–Crippen LogP) is 5.42. The number of methoxy groups -OCH3 is 1. The molecule has 0 saturated heterocycles. The average molecular weight is 461 g/mol. The molecule has 1 amide bonds. The first-order valence-corrected chi connectivity index (χ1v) is 11.5. The summed E-state index contributed by atoms with van der Waals surface area (Å²) in [5.41, 5.74) is 3.85. The molecular weight excluding hydrogens is 428 g/mol. The molecule has 1 N–H and O–H groups in total. The molecule has 3 rings (SSSR count). The van der Waals surface area contributed by atoms with Crippen LogP contribution in [0.3, 0.4) is 0 Å². The molecule has 0 aliphatic rings. The summed E-state index contributed by atoms with van der Waals surface area (Å²) in [6, 6.07) is 20.5. The van der Waals surface area contributed by atoms with Crippen molar-refractivity contribution in [1.29, 1.82) is 0 Å². The number of nitrogens with zero attached hydrogens (tertiary/aromatic N) is 1. The van der Waals surface area contributed by atoms with Crippen molar-refractivity contribution in [2.24, 2.45) is 0 Å². The molecule has 178 valence electrons. The monoisotopic (exact) mass is 460 g/mol. The molecule has 0 atom stereocenters. The summed E-state index contributed by atoms with van der Waals surface area (Å²) in [6.07, 6.45) is 0. The number of likely N-dealkylation sites (N-methyl/N-ethyl adjacent to an activating group) is 1. The summed E-state index contributed by atoms with van der Waals surface area (Å²) >= 11 is 0. The van der Waals surface area contributed by atoms with Crippen LogP contribution in [0.2, 0.25) is 0 Å². The zero-order valence-corrected chi connectivity index (χ0v) is 20.3. The van der Waals surface area contributed by atoms with E-state index >= 15 is 0 Å². The SMILES string of the molecule is CCN(CC)CCOc1ccc(C)c(C(=O)Nc2cc(-c3ccccc3)ccc2C(=O)OC)c1. The Morgan fingerprint density at radius 1 is 0.882 bits per heavy atom. The van der Waals surface area contributed by atoms with Crippen LogP contribution in [0.4, 0.5) is 5.69 Å². The third-order valence-electron chi connectivity index (χ3n) is 5.80. The van der Waals surface area contributed by atoms with Gasteiger partial charge in [-0.2, -0.15) is 0 Å². The molecule has 0 aliphatic carbocycles. The summed E-state index contributed by atoms with van der Waals surface area (Å²) in [5.74, 6) is -0.198. The normalized spacial score (nSPS) is 10.7. The lowest BCUT2D eigenvalue weighted by Gasteiger charge is -2.18. The van der Waals surface area contributed by atoms with Crippen LogP contribution in [0.5, 0.6) is 5.75 Å². The van der Waals surface area contributed by atoms with Gasteiger partial charge in [0.25, 0.3) is 5.91 Å². The van der Waals surface area contributed by atoms with E-state index in [2.05, 4.69) is 24.1 Å². The number of amides is 1. The molecule has 0 heterocycles. The quantitative estimate of drug-likeness (QED) is 0.409. The largest absolute Gasteiger partial charge is 0.492 e. The summed E-state index contributed by atoms with van der Waals surface area (Å²) in [5, 5.41) is 2.91. The molecular formula is C28H32N2O4. The third kappa shape index (κ3) is 6.23. The number of nitrogens with one attached hydrogen (secondary N) is 1. The molecule has 0 unspecified atom stereocenters. The molecule has 34 heavy (non-hydrogen) atoms. The van der Waals surface area contributed by atoms with Crippen LogP contribution in [-0.2, 0) is 4.74 Å². The Bertz CT molecular complexity index is 1120. The second-order valence-electron chi connectivity index (χ2n) is 7.92. The van der Waals surface area contributed by atoms with E-state index in [0.29, 0.717) is 29.2 Å². The van der Waals surface area contributed by atoms with Gasteiger partial charge >= 0.3 is 5.97 Å². The third-order valence-corrected chi connectivity index (χ3v) is 5.80. The Kier molecular flexibility index (Phi) is 8.82. The van der Waals surface area contributed by atoms with Crippen LogP contribution in [0.25, 0.3) is 11.1 Å². The van der Waals surface area contributed by atoms with Gasteiger partial charge < -0.3 is 19.7 Å². The van der Waals surface area contributed by atoms with E-state index in [4.69, 9.17) is 9.47 Å². The number of hydrogen-bond acceptors (Lipinski definition) is 5. The molecule has 0 aromatic heterocycles. The molecule has 3 aromatic rings. The average Bonchev–Trinajstić information content (AvgIpc) is 2.87. The first kappa shape index (κ1) is 25.0. The molecule has 6 heteroatoms. The van der Waals surface area contributed by atoms with E-state index in [0.717, 1.165) is 36.3 Å². The van der Waals surface area contributed by atoms with E-state index in [1.807, 2.05) is 55.5 Å². The van der Waals surface area contributed by atoms with Gasteiger partial charge in [-0.3, -0.25) is 4.79 Å². The van der Waals surface area contributed by atoms with Crippen LogP contribution in [0, 0.1) is 6.92 Å². The van der Waals surface area contributed by atoms with Gasteiger partial charge in [0.05, 0.1) is 18.4 Å². The molecule has 0 bridgehead atoms. The zero-order chi connectivity index (χ0) is 24.5. The van der Waals surface area contributed by atoms with Crippen molar-refractivity contribution in [3.8, 4) is 16.9 Å². The highest BCUT2D eigenvalue weighted by atomic mass is 16.5. The van der Waals surface area contributed by atoms with Gasteiger partial charge in [-0.15, -0.1) is 0 Å². The second kappa shape index (κ2) is 12.0. The highest BCUT2D eigenvalue weighted by Crippen LogP contribution is 2.27. The van der Waals surface area contributed by atoms with Gasteiger partial charge in [0.2, 0.25) is 0 Å². The molecule has 0 aliphatic heterocycles. The van der Waals surface area contributed by atoms with Crippen molar-refractivity contribution >= 4 is 17.6 Å². The first-order valence-electron chi connectivity index (χ1n) is 11.5. The highest BCUT2D eigenvalue weighted by molar-refractivity contribution is 6.09. The van der Waals surface area contributed by atoms with E-state index in [1.54, 1.807) is 18.2 Å². The minimum absolute atomic E-state index is 0.291. The van der Waals surface area contributed by atoms with Crippen LogP contribution in [0.1, 0.15) is 40.1 Å². The number of ether oxygens (including phenoxy) is 2. The number of aryl methyl sites for hydroxylation is 1. The van der Waals surface area contributed by atoms with Gasteiger partial charge in [-0.25, -0.2) is 4.79 Å². The number of anilines is 1. The Labute approximate surface area is 201 Å². The summed E-state index contributed by atoms with van der Waals surface area (Å²) < 4.78 is 10.8. The number of hydrogen-bond donors (Lipinski definition) is 1. The van der Waals surface area contributed by atoms with Crippen molar-refractivity contribution in [2.45, 2.75) is 20.8 Å². The van der Waals surface area contributed by atoms with Gasteiger partial charge in [0, 0.05) is 12.1 Å². The lowest BCUT2D eigenvalue weighted by Crippen LogP contribution is -2.27. The molecule has 6 nitrogen and oxygen atoms in total. The standard InChI is InChI=1S/C28H32N2O4/c1-5-30(6-2)16-17-34-23-14-12-20(3)25(19-23)27(31)29-26-18-22(21-10-8-7-9-11-21)13-15-24(26)28(32)33-4/h7-15,18-19H,5-6,16-17H2,1-4H3,(H,29,31). The summed E-state index contributed by atoms with van der Waals surface area (Å²) in [6.45, 7) is 9.39. The van der Waals surface area contributed by atoms with Crippen molar-refractivity contribution in [3.63, 3.8) is 0 Å². The number of carbonyl (C=O) groups is 2. The minimum atomic E-state index is -0.514. The Balaban J connectivity index is 1.84. The molecule has 0 saturated carbocycles. The maximum absolute atomic E-state index is 13.2. The summed E-state index contributed by atoms with van der Waals surface area (Å²) in [7, 11) is 1.32. The highest BCUT2D eigenvalue weighted by Gasteiger charge is 2.18. The van der Waals surface area contributed by atoms with Gasteiger partial charge in [0.15, 0.2) is 0 Å². The number of esters is 1. The lowest BCUT2D eigenvalue weighted by molar-refractivity contribution is 0.0602. The maximum Gasteiger partial charge on any atom is 0.339 e. The van der Waals surface area contributed by atoms with Gasteiger partial charge in [-0.05, 0) is 61.0 Å². The van der Waals surface area contributed by atoms with Gasteiger partial charge in [0.1, 0.15) is 12.4 Å². The van der Waals surface area contributed by atoms with Gasteiger partial charge in [-0.1, -0.05) is 56.3 Å². The Hall–Kier alpha value is -3.64. The number of carbonyl (C=O) groups excluding carboxylic acids is 2. The second-order valence-corrected chi connectivity index (χ2v) is 7.92. The van der Waals surface area contributed by atoms with Crippen LogP contribution < -0.4 is 10.1 Å². The van der Waals surface area contributed by atoms with E-state index in [1.165, 1.54) is 7.11 Å². The fourth-order valence-corrected chi connectivity index (χ4v) is 3.70. The zero-order valence-electron chi connectivity index (χ0n) is 20.3. The first-order chi connectivity index (χ1) is 16.5. The lowest BCUT2D eigenvalue weighted by atomic mass is 10.0. The smallest absolute Gasteiger partial charge is 0.339 e. The van der Waals surface area contributed by atoms with Crippen LogP contribution in [0.15, 0.2) is 66.7 Å². The van der Waals surface area contributed by atoms with E-state index < -0.39 is 5.97 Å². The van der Waals surface area contributed by atoms with Crippen molar-refractivity contribution in [2.75, 3.05) is 38.7 Å². The van der Waals surface area contributed by atoms with Crippen LogP contribution >= 0.6 is 0 Å². The van der Waals surface area contributed by atoms with Crippen molar-refractivity contribution in [1.82, 2.24) is 4.90 Å². The summed E-state index contributed by atoms with van der Waals surface area (Å²) in [4.78, 5) is 27.9. The Morgan fingerprint density at radius 2 is 1.62 bits per heavy atom. The minimum Gasteiger partial charge on any atom is -0.492 e. The van der Waals surface area contributed by atoms with E-state index in [-0.39, 0.29) is 5.91 Å². The predicted molar refractivity (Wildman–Crippen MR) is 136 cm³/mol.